The van der Waals surface area contributed by atoms with Crippen molar-refractivity contribution >= 4 is 17.9 Å². The van der Waals surface area contributed by atoms with Gasteiger partial charge in [-0.3, -0.25) is 14.9 Å². The summed E-state index contributed by atoms with van der Waals surface area (Å²) in [5.74, 6) is -1.62. The lowest BCUT2D eigenvalue weighted by molar-refractivity contribution is -0.149. The quantitative estimate of drug-likeness (QED) is 0.764. The summed E-state index contributed by atoms with van der Waals surface area (Å²) in [7, 11) is 1.63. The SMILES string of the molecule is CN(C(=O)NC(=O)CC(C)(C)C(=O)O)C1CC1. The van der Waals surface area contributed by atoms with Crippen LogP contribution in [0, 0.1) is 5.41 Å². The maximum Gasteiger partial charge on any atom is 0.324 e. The van der Waals surface area contributed by atoms with Gasteiger partial charge in [-0.25, -0.2) is 4.79 Å². The summed E-state index contributed by atoms with van der Waals surface area (Å²) in [6.45, 7) is 2.90. The Hall–Kier alpha value is -1.59. The fourth-order valence-corrected chi connectivity index (χ4v) is 1.36. The third-order valence-electron chi connectivity index (χ3n) is 2.84. The molecule has 1 fully saturated rings. The molecule has 0 aromatic rings. The van der Waals surface area contributed by atoms with Gasteiger partial charge in [-0.15, -0.1) is 0 Å². The van der Waals surface area contributed by atoms with Crippen molar-refractivity contribution in [3.8, 4) is 0 Å². The third-order valence-corrected chi connectivity index (χ3v) is 2.84. The Morgan fingerprint density at radius 2 is 1.88 bits per heavy atom. The summed E-state index contributed by atoms with van der Waals surface area (Å²) < 4.78 is 0. The summed E-state index contributed by atoms with van der Waals surface area (Å²) in [5.41, 5.74) is -1.16. The first-order chi connectivity index (χ1) is 7.74. The Morgan fingerprint density at radius 3 is 2.29 bits per heavy atom. The van der Waals surface area contributed by atoms with Crippen molar-refractivity contribution in [2.75, 3.05) is 7.05 Å². The van der Waals surface area contributed by atoms with Gasteiger partial charge in [0, 0.05) is 19.5 Å². The van der Waals surface area contributed by atoms with E-state index in [1.165, 1.54) is 18.7 Å². The van der Waals surface area contributed by atoms with Crippen LogP contribution in [-0.4, -0.2) is 41.0 Å². The van der Waals surface area contributed by atoms with Crippen LogP contribution in [0.1, 0.15) is 33.1 Å². The molecular formula is C11H18N2O4. The van der Waals surface area contributed by atoms with Gasteiger partial charge in [-0.05, 0) is 26.7 Å². The Kier molecular flexibility index (Phi) is 3.75. The fourth-order valence-electron chi connectivity index (χ4n) is 1.36. The lowest BCUT2D eigenvalue weighted by Gasteiger charge is -2.20. The van der Waals surface area contributed by atoms with Crippen molar-refractivity contribution in [2.24, 2.45) is 5.41 Å². The minimum Gasteiger partial charge on any atom is -0.481 e. The van der Waals surface area contributed by atoms with Crippen LogP contribution < -0.4 is 5.32 Å². The molecule has 3 amide bonds. The minimum absolute atomic E-state index is 0.216. The molecular weight excluding hydrogens is 224 g/mol. The largest absolute Gasteiger partial charge is 0.481 e. The van der Waals surface area contributed by atoms with Crippen molar-refractivity contribution in [1.29, 1.82) is 0 Å². The standard InChI is InChI=1S/C11H18N2O4/c1-11(2,9(15)16)6-8(14)12-10(17)13(3)7-4-5-7/h7H,4-6H2,1-3H3,(H,15,16)(H,12,14,17). The van der Waals surface area contributed by atoms with E-state index < -0.39 is 23.3 Å². The number of hydrogen-bond acceptors (Lipinski definition) is 3. The maximum atomic E-state index is 11.5. The number of carbonyl (C=O) groups excluding carboxylic acids is 2. The van der Waals surface area contributed by atoms with E-state index in [1.807, 2.05) is 0 Å². The predicted octanol–water partition coefficient (Wildman–Crippen LogP) is 0.818. The summed E-state index contributed by atoms with van der Waals surface area (Å²) in [4.78, 5) is 35.3. The number of nitrogens with one attached hydrogen (secondary N) is 1. The van der Waals surface area contributed by atoms with Crippen LogP contribution in [0.4, 0.5) is 4.79 Å². The Labute approximate surface area is 100.0 Å². The topological polar surface area (TPSA) is 86.7 Å². The predicted molar refractivity (Wildman–Crippen MR) is 60.4 cm³/mol. The normalized spacial score (nSPS) is 15.2. The molecule has 0 aromatic heterocycles. The molecule has 0 saturated heterocycles. The number of rotatable bonds is 4. The third kappa shape index (κ3) is 3.72. The van der Waals surface area contributed by atoms with Gasteiger partial charge in [-0.1, -0.05) is 0 Å². The Bertz CT molecular complexity index is 347. The summed E-state index contributed by atoms with van der Waals surface area (Å²) in [6.07, 6.45) is 1.70. The van der Waals surface area contributed by atoms with E-state index in [4.69, 9.17) is 5.11 Å². The number of amides is 3. The zero-order chi connectivity index (χ0) is 13.2. The summed E-state index contributed by atoms with van der Waals surface area (Å²) >= 11 is 0. The van der Waals surface area contributed by atoms with Gasteiger partial charge in [0.05, 0.1) is 5.41 Å². The number of aliphatic carboxylic acids is 1. The van der Waals surface area contributed by atoms with Gasteiger partial charge in [0.2, 0.25) is 5.91 Å². The molecule has 1 saturated carbocycles. The first-order valence-corrected chi connectivity index (χ1v) is 5.54. The number of carboxylic acid groups (broad SMARTS) is 1. The second kappa shape index (κ2) is 4.73. The zero-order valence-electron chi connectivity index (χ0n) is 10.3. The van der Waals surface area contributed by atoms with Crippen molar-refractivity contribution < 1.29 is 19.5 Å². The van der Waals surface area contributed by atoms with E-state index in [2.05, 4.69) is 5.32 Å². The van der Waals surface area contributed by atoms with Gasteiger partial charge in [0.25, 0.3) is 0 Å². The highest BCUT2D eigenvalue weighted by Crippen LogP contribution is 2.25. The van der Waals surface area contributed by atoms with E-state index in [-0.39, 0.29) is 12.5 Å². The number of nitrogens with zero attached hydrogens (tertiary/aromatic N) is 1. The summed E-state index contributed by atoms with van der Waals surface area (Å²) in [5, 5.41) is 11.1. The lowest BCUT2D eigenvalue weighted by atomic mass is 9.89. The second-order valence-corrected chi connectivity index (χ2v) is 5.06. The fraction of sp³-hybridized carbons (Fsp3) is 0.727. The van der Waals surface area contributed by atoms with E-state index in [0.717, 1.165) is 12.8 Å². The van der Waals surface area contributed by atoms with Gasteiger partial charge < -0.3 is 10.0 Å². The van der Waals surface area contributed by atoms with Crippen LogP contribution in [0.5, 0.6) is 0 Å². The molecule has 0 heterocycles. The average molecular weight is 242 g/mol. The highest BCUT2D eigenvalue weighted by molar-refractivity contribution is 5.96. The number of carboxylic acids is 1. The molecule has 6 heteroatoms. The average Bonchev–Trinajstić information content (AvgIpc) is 2.98. The molecule has 0 radical (unpaired) electrons. The molecule has 0 atom stereocenters. The smallest absolute Gasteiger partial charge is 0.324 e. The van der Waals surface area contributed by atoms with Crippen molar-refractivity contribution in [2.45, 2.75) is 39.2 Å². The molecule has 6 nitrogen and oxygen atoms in total. The first kappa shape index (κ1) is 13.5. The van der Waals surface area contributed by atoms with Crippen molar-refractivity contribution in [1.82, 2.24) is 10.2 Å². The van der Waals surface area contributed by atoms with Crippen LogP contribution in [0.2, 0.25) is 0 Å². The van der Waals surface area contributed by atoms with Gasteiger partial charge in [0.1, 0.15) is 0 Å². The molecule has 1 aliphatic rings. The minimum atomic E-state index is -1.16. The van der Waals surface area contributed by atoms with Gasteiger partial charge >= 0.3 is 12.0 Å². The number of imide groups is 1. The van der Waals surface area contributed by atoms with Crippen LogP contribution in [0.3, 0.4) is 0 Å². The lowest BCUT2D eigenvalue weighted by Crippen LogP contribution is -2.43. The van der Waals surface area contributed by atoms with Gasteiger partial charge in [0.15, 0.2) is 0 Å². The molecule has 1 aliphatic carbocycles. The van der Waals surface area contributed by atoms with E-state index in [1.54, 1.807) is 7.05 Å². The first-order valence-electron chi connectivity index (χ1n) is 5.54. The van der Waals surface area contributed by atoms with Crippen LogP contribution in [0.15, 0.2) is 0 Å². The van der Waals surface area contributed by atoms with E-state index in [9.17, 15) is 14.4 Å². The highest BCUT2D eigenvalue weighted by atomic mass is 16.4. The monoisotopic (exact) mass is 242 g/mol. The van der Waals surface area contributed by atoms with Crippen molar-refractivity contribution in [3.63, 3.8) is 0 Å². The number of urea groups is 1. The number of carbonyl (C=O) groups is 3. The van der Waals surface area contributed by atoms with E-state index in [0.29, 0.717) is 0 Å². The second-order valence-electron chi connectivity index (χ2n) is 5.06. The molecule has 2 N–H and O–H groups in total. The van der Waals surface area contributed by atoms with Crippen LogP contribution >= 0.6 is 0 Å². The summed E-state index contributed by atoms with van der Waals surface area (Å²) in [6, 6.07) is -0.242. The van der Waals surface area contributed by atoms with E-state index >= 15 is 0 Å². The molecule has 0 spiro atoms. The van der Waals surface area contributed by atoms with Crippen LogP contribution in [-0.2, 0) is 9.59 Å². The highest BCUT2D eigenvalue weighted by Gasteiger charge is 2.33. The van der Waals surface area contributed by atoms with Crippen molar-refractivity contribution in [3.05, 3.63) is 0 Å². The molecule has 0 aliphatic heterocycles. The maximum absolute atomic E-state index is 11.5. The molecule has 0 unspecified atom stereocenters. The Morgan fingerprint density at radius 1 is 1.35 bits per heavy atom. The van der Waals surface area contributed by atoms with Gasteiger partial charge in [-0.2, -0.15) is 0 Å². The molecule has 1 rings (SSSR count). The number of hydrogen-bond donors (Lipinski definition) is 2. The molecule has 0 bridgehead atoms. The Balaban J connectivity index is 2.43. The molecule has 0 aromatic carbocycles. The van der Waals surface area contributed by atoms with Crippen LogP contribution in [0.25, 0.3) is 0 Å². The molecule has 96 valence electrons. The molecule has 17 heavy (non-hydrogen) atoms. The zero-order valence-corrected chi connectivity index (χ0v) is 10.3.